The van der Waals surface area contributed by atoms with Gasteiger partial charge in [0.2, 0.25) is 0 Å². The van der Waals surface area contributed by atoms with Gasteiger partial charge in [0.05, 0.1) is 6.07 Å². The molecule has 0 atom stereocenters. The van der Waals surface area contributed by atoms with Gasteiger partial charge in [-0.05, 0) is 0 Å². The molecule has 0 unspecified atom stereocenters. The predicted molar refractivity (Wildman–Crippen MR) is 37.3 cm³/mol. The van der Waals surface area contributed by atoms with E-state index in [-0.39, 0.29) is 88.7 Å². The molecule has 26 valence electrons. The van der Waals surface area contributed by atoms with Crippen LogP contribution in [-0.4, -0.2) is 88.7 Å². The Morgan fingerprint density at radius 3 is 1.43 bits per heavy atom. The van der Waals surface area contributed by atoms with Crippen molar-refractivity contribution in [3.05, 3.63) is 12.7 Å². The summed E-state index contributed by atoms with van der Waals surface area (Å²) in [6.07, 6.45) is 1.18. The third-order valence-corrected chi connectivity index (χ3v) is 0.0913. The molecule has 0 fully saturated rings. The fraction of sp³-hybridized carbons (Fsp3) is 0. The number of nitrogens with zero attached hydrogens (tertiary/aromatic N) is 1. The van der Waals surface area contributed by atoms with Crippen LogP contribution in [0.4, 0.5) is 0 Å². The van der Waals surface area contributed by atoms with E-state index >= 15 is 0 Å². The van der Waals surface area contributed by atoms with E-state index < -0.39 is 0 Å². The van der Waals surface area contributed by atoms with Gasteiger partial charge in [0.1, 0.15) is 0 Å². The van der Waals surface area contributed by atoms with Crippen molar-refractivity contribution in [2.75, 3.05) is 0 Å². The SMILES string of the molecule is C=CC#N.[NaH].[NaH].[NaH]. The summed E-state index contributed by atoms with van der Waals surface area (Å²) >= 11 is 0. The molecule has 0 aliphatic rings. The first-order chi connectivity index (χ1) is 1.91. The second kappa shape index (κ2) is 24.0. The van der Waals surface area contributed by atoms with Gasteiger partial charge in [0, 0.05) is 6.08 Å². The number of hydrogen-bond donors (Lipinski definition) is 0. The monoisotopic (exact) mass is 125 g/mol. The van der Waals surface area contributed by atoms with Crippen molar-refractivity contribution in [1.82, 2.24) is 0 Å². The molecular weight excluding hydrogens is 119 g/mol. The molecule has 0 saturated heterocycles. The van der Waals surface area contributed by atoms with Crippen LogP contribution in [0.3, 0.4) is 0 Å². The van der Waals surface area contributed by atoms with Crippen molar-refractivity contribution in [1.29, 1.82) is 5.26 Å². The van der Waals surface area contributed by atoms with Gasteiger partial charge >= 0.3 is 88.7 Å². The van der Waals surface area contributed by atoms with Crippen LogP contribution in [0.15, 0.2) is 12.7 Å². The van der Waals surface area contributed by atoms with Gasteiger partial charge in [-0.1, -0.05) is 6.58 Å². The van der Waals surface area contributed by atoms with Gasteiger partial charge in [0.25, 0.3) is 0 Å². The quantitative estimate of drug-likeness (QED) is 0.293. The van der Waals surface area contributed by atoms with Crippen LogP contribution < -0.4 is 0 Å². The van der Waals surface area contributed by atoms with Crippen LogP contribution in [0.2, 0.25) is 0 Å². The third-order valence-electron chi connectivity index (χ3n) is 0.0913. The molecule has 0 aliphatic carbocycles. The van der Waals surface area contributed by atoms with Gasteiger partial charge in [0.15, 0.2) is 0 Å². The first kappa shape index (κ1) is 22.9. The van der Waals surface area contributed by atoms with E-state index in [0.717, 1.165) is 0 Å². The first-order valence-electron chi connectivity index (χ1n) is 0.921. The maximum atomic E-state index is 7.51. The van der Waals surface area contributed by atoms with E-state index in [1.807, 2.05) is 0 Å². The van der Waals surface area contributed by atoms with Crippen molar-refractivity contribution in [2.24, 2.45) is 0 Å². The van der Waals surface area contributed by atoms with E-state index in [1.165, 1.54) is 6.08 Å². The molecule has 0 rings (SSSR count). The molecule has 1 nitrogen and oxygen atoms in total. The first-order valence-corrected chi connectivity index (χ1v) is 0.921. The molecule has 7 heavy (non-hydrogen) atoms. The summed E-state index contributed by atoms with van der Waals surface area (Å²) in [7, 11) is 0. The van der Waals surface area contributed by atoms with Crippen LogP contribution in [0.25, 0.3) is 0 Å². The van der Waals surface area contributed by atoms with Crippen LogP contribution in [-0.2, 0) is 0 Å². The number of hydrogen-bond acceptors (Lipinski definition) is 1. The Kier molecular flexibility index (Phi) is 78.5. The van der Waals surface area contributed by atoms with Crippen LogP contribution in [0, 0.1) is 11.3 Å². The Balaban J connectivity index is -0.0000000150. The summed E-state index contributed by atoms with van der Waals surface area (Å²) in [6, 6.07) is 1.69. The predicted octanol–water partition coefficient (Wildman–Crippen LogP) is -1.25. The second-order valence-electron chi connectivity index (χ2n) is 0.333. The minimum absolute atomic E-state index is 0. The van der Waals surface area contributed by atoms with Crippen molar-refractivity contribution in [3.8, 4) is 6.07 Å². The summed E-state index contributed by atoms with van der Waals surface area (Å²) in [5.74, 6) is 0. The van der Waals surface area contributed by atoms with E-state index in [1.54, 1.807) is 6.07 Å². The average molecular weight is 125 g/mol. The molecule has 0 radical (unpaired) electrons. The maximum absolute atomic E-state index is 7.51. The molecule has 0 bridgehead atoms. The molecule has 0 N–H and O–H groups in total. The second-order valence-corrected chi connectivity index (χ2v) is 0.333. The number of allylic oxidation sites excluding steroid dienone is 1. The summed E-state index contributed by atoms with van der Waals surface area (Å²) in [5.41, 5.74) is 0. The van der Waals surface area contributed by atoms with Gasteiger partial charge in [-0.3, -0.25) is 0 Å². The molecule has 0 saturated carbocycles. The normalized spacial score (nSPS) is 2.14. The molecule has 4 heteroatoms. The molecule has 0 aromatic heterocycles. The van der Waals surface area contributed by atoms with E-state index in [2.05, 4.69) is 6.58 Å². The van der Waals surface area contributed by atoms with Crippen LogP contribution in [0.1, 0.15) is 0 Å². The van der Waals surface area contributed by atoms with E-state index in [9.17, 15) is 0 Å². The summed E-state index contributed by atoms with van der Waals surface area (Å²) in [6.45, 7) is 3.12. The fourth-order valence-corrected chi connectivity index (χ4v) is 0. The van der Waals surface area contributed by atoms with E-state index in [0.29, 0.717) is 0 Å². The zero-order valence-corrected chi connectivity index (χ0v) is 2.23. The Hall–Kier alpha value is 2.23. The zero-order valence-electron chi connectivity index (χ0n) is 2.23. The van der Waals surface area contributed by atoms with Crippen molar-refractivity contribution in [3.63, 3.8) is 0 Å². The molecule has 0 amide bonds. The average Bonchev–Trinajstić information content (AvgIpc) is 1.37. The van der Waals surface area contributed by atoms with E-state index in [4.69, 9.17) is 5.26 Å². The Labute approximate surface area is 110 Å². The van der Waals surface area contributed by atoms with Gasteiger partial charge < -0.3 is 0 Å². The molecule has 0 aromatic carbocycles. The van der Waals surface area contributed by atoms with Crippen LogP contribution in [0.5, 0.6) is 0 Å². The standard InChI is InChI=1S/C3H3N.3Na.3H/c1-2-3-4;;;;;;/h2H,1H2;;;;;;. The Bertz CT molecular complexity index is 55.7. The van der Waals surface area contributed by atoms with Crippen molar-refractivity contribution < 1.29 is 0 Å². The summed E-state index contributed by atoms with van der Waals surface area (Å²) in [4.78, 5) is 0. The van der Waals surface area contributed by atoms with Gasteiger partial charge in [-0.2, -0.15) is 5.26 Å². The summed E-state index contributed by atoms with van der Waals surface area (Å²) < 4.78 is 0. The molecule has 0 aromatic rings. The molecule has 0 heterocycles. The van der Waals surface area contributed by atoms with Gasteiger partial charge in [-0.25, -0.2) is 0 Å². The Morgan fingerprint density at radius 1 is 1.29 bits per heavy atom. The van der Waals surface area contributed by atoms with Gasteiger partial charge in [-0.15, -0.1) is 0 Å². The number of nitriles is 1. The Morgan fingerprint density at radius 2 is 1.43 bits per heavy atom. The topological polar surface area (TPSA) is 23.8 Å². The van der Waals surface area contributed by atoms with Crippen molar-refractivity contribution in [2.45, 2.75) is 0 Å². The zero-order chi connectivity index (χ0) is 3.41. The molecule has 0 aliphatic heterocycles. The molecular formula is C3H6NNa3. The molecule has 0 spiro atoms. The number of rotatable bonds is 0. The van der Waals surface area contributed by atoms with Crippen molar-refractivity contribution >= 4 is 88.7 Å². The fourth-order valence-electron chi connectivity index (χ4n) is 0. The van der Waals surface area contributed by atoms with Crippen LogP contribution >= 0.6 is 0 Å². The summed E-state index contributed by atoms with van der Waals surface area (Å²) in [5, 5.41) is 7.51. The third kappa shape index (κ3) is 30.6. The minimum atomic E-state index is 0.